The Balaban J connectivity index is 1.85. The van der Waals surface area contributed by atoms with Gasteiger partial charge in [0.2, 0.25) is 0 Å². The molecule has 1 N–H and O–H groups in total. The van der Waals surface area contributed by atoms with Crippen LogP contribution in [0.25, 0.3) is 11.1 Å². The fourth-order valence-corrected chi connectivity index (χ4v) is 4.09. The van der Waals surface area contributed by atoms with E-state index in [1.165, 1.54) is 13.2 Å². The Bertz CT molecular complexity index is 1080. The lowest BCUT2D eigenvalue weighted by molar-refractivity contribution is 0.0771. The van der Waals surface area contributed by atoms with Crippen molar-refractivity contribution in [3.05, 3.63) is 87.6 Å². The highest BCUT2D eigenvalue weighted by Gasteiger charge is 2.19. The van der Waals surface area contributed by atoms with Crippen molar-refractivity contribution >= 4 is 21.8 Å². The largest absolute Gasteiger partial charge is 0.497 e. The van der Waals surface area contributed by atoms with Crippen molar-refractivity contribution in [2.45, 2.75) is 26.4 Å². The van der Waals surface area contributed by atoms with Gasteiger partial charge in [-0.15, -0.1) is 0 Å². The molecule has 0 radical (unpaired) electrons. The van der Waals surface area contributed by atoms with Crippen LogP contribution < -0.4 is 4.74 Å². The molecule has 0 saturated heterocycles. The topological polar surface area (TPSA) is 49.8 Å². The van der Waals surface area contributed by atoms with Gasteiger partial charge < -0.3 is 14.7 Å². The molecule has 1 unspecified atom stereocenters. The summed E-state index contributed by atoms with van der Waals surface area (Å²) in [5.41, 5.74) is 3.18. The second kappa shape index (κ2) is 10.7. The zero-order valence-corrected chi connectivity index (χ0v) is 20.0. The molecule has 0 aliphatic heterocycles. The Morgan fingerprint density at radius 2 is 1.75 bits per heavy atom. The predicted molar refractivity (Wildman–Crippen MR) is 128 cm³/mol. The Morgan fingerprint density at radius 3 is 2.38 bits per heavy atom. The SMILES string of the molecule is CCN(CC)C(=O)c1ccc(Br)cc1CC(O)c1ccc(-c2cc(OC)ccc2F)cc1. The molecule has 168 valence electrons. The number of hydrogen-bond acceptors (Lipinski definition) is 3. The minimum absolute atomic E-state index is 0.0476. The van der Waals surface area contributed by atoms with Crippen LogP contribution >= 0.6 is 15.9 Å². The number of carbonyl (C=O) groups is 1. The van der Waals surface area contributed by atoms with E-state index >= 15 is 0 Å². The number of methoxy groups -OCH3 is 1. The van der Waals surface area contributed by atoms with Gasteiger partial charge in [0.1, 0.15) is 11.6 Å². The monoisotopic (exact) mass is 499 g/mol. The Kier molecular flexibility index (Phi) is 8.04. The van der Waals surface area contributed by atoms with E-state index in [2.05, 4.69) is 15.9 Å². The molecule has 1 amide bonds. The van der Waals surface area contributed by atoms with Crippen molar-refractivity contribution in [2.24, 2.45) is 0 Å². The van der Waals surface area contributed by atoms with Gasteiger partial charge in [0.25, 0.3) is 5.91 Å². The summed E-state index contributed by atoms with van der Waals surface area (Å²) in [7, 11) is 1.54. The van der Waals surface area contributed by atoms with E-state index in [1.54, 1.807) is 47.4 Å². The van der Waals surface area contributed by atoms with Gasteiger partial charge in [0, 0.05) is 35.1 Å². The standard InChI is InChI=1S/C26H27BrFNO3/c1-4-29(5-2)26(31)22-12-10-20(27)14-19(22)15-25(30)18-8-6-17(7-9-18)23-16-21(32-3)11-13-24(23)28/h6-14,16,25,30H,4-5,15H2,1-3H3. The van der Waals surface area contributed by atoms with Gasteiger partial charge in [0.05, 0.1) is 13.2 Å². The summed E-state index contributed by atoms with van der Waals surface area (Å²) >= 11 is 3.46. The normalized spacial score (nSPS) is 11.8. The van der Waals surface area contributed by atoms with E-state index in [0.29, 0.717) is 41.1 Å². The molecular weight excluding hydrogens is 473 g/mol. The van der Waals surface area contributed by atoms with E-state index in [4.69, 9.17) is 4.74 Å². The number of nitrogens with zero attached hydrogens (tertiary/aromatic N) is 1. The van der Waals surface area contributed by atoms with Crippen molar-refractivity contribution in [2.75, 3.05) is 20.2 Å². The third-order valence-electron chi connectivity index (χ3n) is 5.54. The van der Waals surface area contributed by atoms with E-state index in [1.807, 2.05) is 26.0 Å². The molecule has 1 atom stereocenters. The minimum atomic E-state index is -0.809. The summed E-state index contributed by atoms with van der Waals surface area (Å²) in [6, 6.07) is 17.2. The molecule has 0 spiro atoms. The molecule has 0 bridgehead atoms. The van der Waals surface area contributed by atoms with Gasteiger partial charge in [-0.2, -0.15) is 0 Å². The van der Waals surface area contributed by atoms with Crippen LogP contribution in [0.15, 0.2) is 65.1 Å². The highest BCUT2D eigenvalue weighted by atomic mass is 79.9. The Hall–Kier alpha value is -2.70. The number of aliphatic hydroxyl groups excluding tert-OH is 1. The third-order valence-corrected chi connectivity index (χ3v) is 6.03. The van der Waals surface area contributed by atoms with Gasteiger partial charge in [0.15, 0.2) is 0 Å². The van der Waals surface area contributed by atoms with Gasteiger partial charge in [-0.1, -0.05) is 40.2 Å². The second-order valence-electron chi connectivity index (χ2n) is 7.47. The number of amides is 1. The van der Waals surface area contributed by atoms with Gasteiger partial charge >= 0.3 is 0 Å². The smallest absolute Gasteiger partial charge is 0.254 e. The minimum Gasteiger partial charge on any atom is -0.497 e. The molecule has 4 nitrogen and oxygen atoms in total. The molecular formula is C26H27BrFNO3. The molecule has 0 aliphatic carbocycles. The fourth-order valence-electron chi connectivity index (χ4n) is 3.68. The van der Waals surface area contributed by atoms with E-state index < -0.39 is 6.10 Å². The number of carbonyl (C=O) groups excluding carboxylic acids is 1. The first-order chi connectivity index (χ1) is 15.4. The molecule has 3 aromatic carbocycles. The zero-order valence-electron chi connectivity index (χ0n) is 18.4. The highest BCUT2D eigenvalue weighted by Crippen LogP contribution is 2.30. The molecule has 3 rings (SSSR count). The van der Waals surface area contributed by atoms with Crippen LogP contribution in [-0.4, -0.2) is 36.1 Å². The lowest BCUT2D eigenvalue weighted by Gasteiger charge is -2.21. The maximum absolute atomic E-state index is 14.3. The summed E-state index contributed by atoms with van der Waals surface area (Å²) < 4.78 is 20.3. The first-order valence-electron chi connectivity index (χ1n) is 10.6. The van der Waals surface area contributed by atoms with Crippen LogP contribution in [0.5, 0.6) is 5.75 Å². The highest BCUT2D eigenvalue weighted by molar-refractivity contribution is 9.10. The van der Waals surface area contributed by atoms with Crippen molar-refractivity contribution < 1.29 is 19.0 Å². The van der Waals surface area contributed by atoms with Crippen molar-refractivity contribution in [1.82, 2.24) is 4.90 Å². The summed E-state index contributed by atoms with van der Waals surface area (Å²) in [5.74, 6) is 0.187. The predicted octanol–water partition coefficient (Wildman–Crippen LogP) is 6.02. The van der Waals surface area contributed by atoms with Gasteiger partial charge in [-0.05, 0) is 66.9 Å². The molecule has 0 aliphatic rings. The lowest BCUT2D eigenvalue weighted by atomic mass is 9.95. The summed E-state index contributed by atoms with van der Waals surface area (Å²) in [5, 5.41) is 10.9. The second-order valence-corrected chi connectivity index (χ2v) is 8.38. The van der Waals surface area contributed by atoms with Crippen LogP contribution in [0.2, 0.25) is 0 Å². The van der Waals surface area contributed by atoms with E-state index in [-0.39, 0.29) is 18.1 Å². The first-order valence-corrected chi connectivity index (χ1v) is 11.4. The number of ether oxygens (including phenoxy) is 1. The molecule has 6 heteroatoms. The Labute approximate surface area is 196 Å². The van der Waals surface area contributed by atoms with Crippen LogP contribution in [0, 0.1) is 5.82 Å². The van der Waals surface area contributed by atoms with Crippen LogP contribution in [0.1, 0.15) is 41.4 Å². The number of halogens is 2. The molecule has 32 heavy (non-hydrogen) atoms. The summed E-state index contributed by atoms with van der Waals surface area (Å²) in [4.78, 5) is 14.7. The summed E-state index contributed by atoms with van der Waals surface area (Å²) in [6.45, 7) is 5.13. The van der Waals surface area contributed by atoms with Crippen molar-refractivity contribution in [3.8, 4) is 16.9 Å². The summed E-state index contributed by atoms with van der Waals surface area (Å²) in [6.07, 6.45) is -0.522. The van der Waals surface area contributed by atoms with Crippen molar-refractivity contribution in [3.63, 3.8) is 0 Å². The molecule has 0 fully saturated rings. The maximum Gasteiger partial charge on any atom is 0.254 e. The third kappa shape index (κ3) is 5.37. The molecule has 0 saturated carbocycles. The first kappa shape index (κ1) is 24.0. The van der Waals surface area contributed by atoms with E-state index in [0.717, 1.165) is 10.0 Å². The molecule has 0 heterocycles. The van der Waals surface area contributed by atoms with E-state index in [9.17, 15) is 14.3 Å². The van der Waals surface area contributed by atoms with Gasteiger partial charge in [-0.3, -0.25) is 4.79 Å². The Morgan fingerprint density at radius 1 is 1.06 bits per heavy atom. The number of hydrogen-bond donors (Lipinski definition) is 1. The number of rotatable bonds is 8. The number of benzene rings is 3. The maximum atomic E-state index is 14.3. The average molecular weight is 500 g/mol. The van der Waals surface area contributed by atoms with Crippen molar-refractivity contribution in [1.29, 1.82) is 0 Å². The molecule has 0 aromatic heterocycles. The number of aliphatic hydroxyl groups is 1. The molecule has 3 aromatic rings. The van der Waals surface area contributed by atoms with Crippen LogP contribution in [0.4, 0.5) is 4.39 Å². The van der Waals surface area contributed by atoms with Gasteiger partial charge in [-0.25, -0.2) is 4.39 Å². The fraction of sp³-hybridized carbons (Fsp3) is 0.269. The average Bonchev–Trinajstić information content (AvgIpc) is 2.80. The van der Waals surface area contributed by atoms with Crippen LogP contribution in [-0.2, 0) is 6.42 Å². The zero-order chi connectivity index (χ0) is 23.3. The lowest BCUT2D eigenvalue weighted by Crippen LogP contribution is -2.31. The van der Waals surface area contributed by atoms with Crippen LogP contribution in [0.3, 0.4) is 0 Å². The quantitative estimate of drug-likeness (QED) is 0.412.